The van der Waals surface area contributed by atoms with Crippen LogP contribution in [0, 0.1) is 11.7 Å². The van der Waals surface area contributed by atoms with E-state index in [1.165, 1.54) is 5.56 Å². The van der Waals surface area contributed by atoms with Crippen LogP contribution in [0.3, 0.4) is 0 Å². The standard InChI is InChI=1S/C14H13N3OS/c1-9-4-3-5-10(8-9)17-13-11(15-14(17)19)6-7-12(16-13)18-2/h3-8H,1-2H3,(H,15,19). The molecule has 0 aliphatic rings. The van der Waals surface area contributed by atoms with Gasteiger partial charge >= 0.3 is 0 Å². The van der Waals surface area contributed by atoms with Crippen molar-refractivity contribution in [2.45, 2.75) is 6.92 Å². The van der Waals surface area contributed by atoms with Crippen LogP contribution in [0.4, 0.5) is 0 Å². The molecular formula is C14H13N3OS. The molecule has 0 saturated carbocycles. The second kappa shape index (κ2) is 4.51. The fraction of sp³-hybridized carbons (Fsp3) is 0.143. The maximum atomic E-state index is 5.38. The largest absolute Gasteiger partial charge is 0.481 e. The first-order valence-corrected chi connectivity index (χ1v) is 6.32. The van der Waals surface area contributed by atoms with Crippen molar-refractivity contribution < 1.29 is 4.74 Å². The van der Waals surface area contributed by atoms with Crippen LogP contribution in [0.25, 0.3) is 16.9 Å². The second-order valence-electron chi connectivity index (χ2n) is 4.33. The molecule has 1 aromatic carbocycles. The molecule has 2 aromatic heterocycles. The van der Waals surface area contributed by atoms with Crippen LogP contribution in [0.5, 0.6) is 5.88 Å². The number of aromatic nitrogens is 3. The Kier molecular flexibility index (Phi) is 2.83. The van der Waals surface area contributed by atoms with Gasteiger partial charge in [-0.25, -0.2) is 0 Å². The normalized spacial score (nSPS) is 10.8. The number of methoxy groups -OCH3 is 1. The molecule has 0 saturated heterocycles. The third kappa shape index (κ3) is 2.02. The number of nitrogens with zero attached hydrogens (tertiary/aromatic N) is 2. The molecule has 4 nitrogen and oxygen atoms in total. The lowest BCUT2D eigenvalue weighted by Crippen LogP contribution is -1.97. The monoisotopic (exact) mass is 271 g/mol. The number of nitrogens with one attached hydrogen (secondary N) is 1. The Hall–Kier alpha value is -2.14. The van der Waals surface area contributed by atoms with E-state index < -0.39 is 0 Å². The lowest BCUT2D eigenvalue weighted by molar-refractivity contribution is 0.399. The first-order chi connectivity index (χ1) is 9.19. The van der Waals surface area contributed by atoms with E-state index in [4.69, 9.17) is 17.0 Å². The number of benzene rings is 1. The summed E-state index contributed by atoms with van der Waals surface area (Å²) in [4.78, 5) is 7.62. The minimum atomic E-state index is 0.572. The highest BCUT2D eigenvalue weighted by atomic mass is 32.1. The minimum Gasteiger partial charge on any atom is -0.481 e. The zero-order valence-electron chi connectivity index (χ0n) is 10.7. The molecule has 1 N–H and O–H groups in total. The molecule has 0 aliphatic carbocycles. The van der Waals surface area contributed by atoms with E-state index in [9.17, 15) is 0 Å². The number of aromatic amines is 1. The van der Waals surface area contributed by atoms with Gasteiger partial charge in [0.1, 0.15) is 0 Å². The molecule has 96 valence electrons. The lowest BCUT2D eigenvalue weighted by atomic mass is 10.2. The van der Waals surface area contributed by atoms with Crippen LogP contribution in [-0.4, -0.2) is 21.6 Å². The SMILES string of the molecule is COc1ccc2[nH]c(=S)n(-c3cccc(C)c3)c2n1. The molecule has 5 heteroatoms. The highest BCUT2D eigenvalue weighted by Crippen LogP contribution is 2.21. The molecule has 0 fully saturated rings. The Bertz CT molecular complexity index is 804. The van der Waals surface area contributed by atoms with Crippen molar-refractivity contribution in [2.24, 2.45) is 0 Å². The van der Waals surface area contributed by atoms with E-state index >= 15 is 0 Å². The topological polar surface area (TPSA) is 42.8 Å². The molecule has 0 atom stereocenters. The van der Waals surface area contributed by atoms with Gasteiger partial charge in [0.05, 0.1) is 18.3 Å². The van der Waals surface area contributed by atoms with E-state index in [0.29, 0.717) is 10.7 Å². The number of H-pyrrole nitrogens is 1. The van der Waals surface area contributed by atoms with Crippen LogP contribution in [0.2, 0.25) is 0 Å². The third-order valence-electron chi connectivity index (χ3n) is 2.98. The quantitative estimate of drug-likeness (QED) is 0.726. The maximum Gasteiger partial charge on any atom is 0.215 e. The number of imidazole rings is 1. The molecule has 0 aliphatic heterocycles. The first kappa shape index (κ1) is 11.9. The van der Waals surface area contributed by atoms with Gasteiger partial charge in [-0.1, -0.05) is 12.1 Å². The van der Waals surface area contributed by atoms with Gasteiger partial charge in [-0.2, -0.15) is 4.98 Å². The van der Waals surface area contributed by atoms with E-state index in [1.807, 2.05) is 28.8 Å². The molecule has 0 spiro atoms. The molecule has 0 radical (unpaired) electrons. The maximum absolute atomic E-state index is 5.38. The Balaban J connectivity index is 2.33. The van der Waals surface area contributed by atoms with Gasteiger partial charge in [0.2, 0.25) is 5.88 Å². The van der Waals surface area contributed by atoms with Crippen molar-refractivity contribution in [1.29, 1.82) is 0 Å². The van der Waals surface area contributed by atoms with Crippen molar-refractivity contribution in [3.05, 3.63) is 46.7 Å². The van der Waals surface area contributed by atoms with E-state index in [2.05, 4.69) is 29.0 Å². The average molecular weight is 271 g/mol. The number of hydrogen-bond donors (Lipinski definition) is 1. The predicted octanol–water partition coefficient (Wildman–Crippen LogP) is 3.40. The highest BCUT2D eigenvalue weighted by Gasteiger charge is 2.09. The van der Waals surface area contributed by atoms with E-state index in [1.54, 1.807) is 7.11 Å². The van der Waals surface area contributed by atoms with Gasteiger partial charge in [-0.3, -0.25) is 4.57 Å². The Morgan fingerprint density at radius 1 is 1.26 bits per heavy atom. The smallest absolute Gasteiger partial charge is 0.215 e. The highest BCUT2D eigenvalue weighted by molar-refractivity contribution is 7.71. The molecule has 3 rings (SSSR count). The summed E-state index contributed by atoms with van der Waals surface area (Å²) in [5.41, 5.74) is 3.84. The third-order valence-corrected chi connectivity index (χ3v) is 3.26. The van der Waals surface area contributed by atoms with Crippen molar-refractivity contribution in [3.63, 3.8) is 0 Å². The van der Waals surface area contributed by atoms with Crippen molar-refractivity contribution >= 4 is 23.4 Å². The van der Waals surface area contributed by atoms with E-state index in [-0.39, 0.29) is 0 Å². The average Bonchev–Trinajstić information content (AvgIpc) is 2.73. The molecule has 2 heterocycles. The first-order valence-electron chi connectivity index (χ1n) is 5.92. The zero-order valence-corrected chi connectivity index (χ0v) is 11.5. The molecule has 0 amide bonds. The summed E-state index contributed by atoms with van der Waals surface area (Å²) in [7, 11) is 1.60. The Morgan fingerprint density at radius 2 is 2.11 bits per heavy atom. The van der Waals surface area contributed by atoms with Crippen LogP contribution in [-0.2, 0) is 0 Å². The summed E-state index contributed by atoms with van der Waals surface area (Å²) in [5.74, 6) is 0.572. The lowest BCUT2D eigenvalue weighted by Gasteiger charge is -2.05. The molecule has 19 heavy (non-hydrogen) atoms. The molecule has 0 unspecified atom stereocenters. The van der Waals surface area contributed by atoms with Crippen LogP contribution < -0.4 is 4.74 Å². The summed E-state index contributed by atoms with van der Waals surface area (Å²) in [5, 5.41) is 0. The van der Waals surface area contributed by atoms with Crippen molar-refractivity contribution in [2.75, 3.05) is 7.11 Å². The fourth-order valence-electron chi connectivity index (χ4n) is 2.09. The molecular weight excluding hydrogens is 258 g/mol. The van der Waals surface area contributed by atoms with Gasteiger partial charge in [0.25, 0.3) is 0 Å². The number of rotatable bonds is 2. The summed E-state index contributed by atoms with van der Waals surface area (Å²) in [6.45, 7) is 2.05. The summed E-state index contributed by atoms with van der Waals surface area (Å²) in [6, 6.07) is 11.9. The summed E-state index contributed by atoms with van der Waals surface area (Å²) >= 11 is 5.38. The number of ether oxygens (including phenoxy) is 1. The van der Waals surface area contributed by atoms with Crippen LogP contribution in [0.15, 0.2) is 36.4 Å². The Morgan fingerprint density at radius 3 is 2.84 bits per heavy atom. The van der Waals surface area contributed by atoms with Gasteiger partial charge in [0.15, 0.2) is 10.4 Å². The van der Waals surface area contributed by atoms with Crippen molar-refractivity contribution in [1.82, 2.24) is 14.5 Å². The van der Waals surface area contributed by atoms with E-state index in [0.717, 1.165) is 16.9 Å². The second-order valence-corrected chi connectivity index (χ2v) is 4.72. The van der Waals surface area contributed by atoms with Crippen molar-refractivity contribution in [3.8, 4) is 11.6 Å². The summed E-state index contributed by atoms with van der Waals surface area (Å²) in [6.07, 6.45) is 0. The van der Waals surface area contributed by atoms with Gasteiger partial charge in [-0.15, -0.1) is 0 Å². The van der Waals surface area contributed by atoms with Gasteiger partial charge < -0.3 is 9.72 Å². The van der Waals surface area contributed by atoms with Crippen LogP contribution in [0.1, 0.15) is 5.56 Å². The molecule has 0 bridgehead atoms. The van der Waals surface area contributed by atoms with Gasteiger partial charge in [-0.05, 0) is 42.9 Å². The zero-order chi connectivity index (χ0) is 13.4. The number of fused-ring (bicyclic) bond motifs is 1. The minimum absolute atomic E-state index is 0.572. The number of hydrogen-bond acceptors (Lipinski definition) is 3. The summed E-state index contributed by atoms with van der Waals surface area (Å²) < 4.78 is 7.72. The fourth-order valence-corrected chi connectivity index (χ4v) is 2.39. The Labute approximate surface area is 115 Å². The van der Waals surface area contributed by atoms with Gasteiger partial charge in [0, 0.05) is 6.07 Å². The number of pyridine rings is 1. The van der Waals surface area contributed by atoms with Crippen LogP contribution >= 0.6 is 12.2 Å². The number of aryl methyl sites for hydroxylation is 1. The predicted molar refractivity (Wildman–Crippen MR) is 77.5 cm³/mol. The molecule has 3 aromatic rings.